The molecule has 0 bridgehead atoms. The molecule has 1 aliphatic heterocycles. The molecule has 1 fully saturated rings. The van der Waals surface area contributed by atoms with Crippen LogP contribution in [0.5, 0.6) is 5.75 Å². The predicted molar refractivity (Wildman–Crippen MR) is 84.7 cm³/mol. The van der Waals surface area contributed by atoms with Crippen LogP contribution in [0.3, 0.4) is 0 Å². The smallest absolute Gasteiger partial charge is 0.258 e. The maximum absolute atomic E-state index is 12.9. The minimum atomic E-state index is -0.00458. The molecule has 4 nitrogen and oxygen atoms in total. The first kappa shape index (κ1) is 13.9. The highest BCUT2D eigenvalue weighted by molar-refractivity contribution is 7.10. The zero-order valence-corrected chi connectivity index (χ0v) is 12.7. The Balaban J connectivity index is 1.93. The summed E-state index contributed by atoms with van der Waals surface area (Å²) in [6.07, 6.45) is 2.04. The lowest BCUT2D eigenvalue weighted by Gasteiger charge is -2.24. The minimum Gasteiger partial charge on any atom is -0.496 e. The van der Waals surface area contributed by atoms with Crippen LogP contribution in [-0.2, 0) is 0 Å². The molecule has 0 spiro atoms. The second-order valence-electron chi connectivity index (χ2n) is 5.13. The van der Waals surface area contributed by atoms with Crippen molar-refractivity contribution >= 4 is 22.9 Å². The summed E-state index contributed by atoms with van der Waals surface area (Å²) in [5.41, 5.74) is 6.94. The molecule has 2 heterocycles. The van der Waals surface area contributed by atoms with E-state index in [9.17, 15) is 4.79 Å². The van der Waals surface area contributed by atoms with Gasteiger partial charge < -0.3 is 15.4 Å². The van der Waals surface area contributed by atoms with Gasteiger partial charge in [-0.05, 0) is 42.5 Å². The van der Waals surface area contributed by atoms with E-state index in [0.29, 0.717) is 17.0 Å². The van der Waals surface area contributed by atoms with Gasteiger partial charge in [-0.2, -0.15) is 0 Å². The number of nitrogen functional groups attached to an aromatic ring is 1. The number of nitrogens with two attached hydrogens (primary N) is 1. The van der Waals surface area contributed by atoms with Crippen molar-refractivity contribution in [3.05, 3.63) is 46.2 Å². The zero-order valence-electron chi connectivity index (χ0n) is 11.9. The van der Waals surface area contributed by atoms with E-state index in [1.165, 1.54) is 4.88 Å². The molecular formula is C16H18N2O2S. The quantitative estimate of drug-likeness (QED) is 0.885. The highest BCUT2D eigenvalue weighted by Crippen LogP contribution is 2.36. The van der Waals surface area contributed by atoms with Crippen LogP contribution in [0.25, 0.3) is 0 Å². The van der Waals surface area contributed by atoms with E-state index in [2.05, 4.69) is 11.4 Å². The van der Waals surface area contributed by atoms with Gasteiger partial charge in [-0.15, -0.1) is 11.3 Å². The monoisotopic (exact) mass is 302 g/mol. The van der Waals surface area contributed by atoms with Crippen molar-refractivity contribution in [1.29, 1.82) is 0 Å². The molecule has 1 saturated heterocycles. The third-order valence-corrected chi connectivity index (χ3v) is 4.81. The first-order chi connectivity index (χ1) is 10.2. The standard InChI is InChI=1S/C16H18N2O2S/c1-20-14-7-6-11(17)10-12(14)16(19)18-8-2-4-13(18)15-5-3-9-21-15/h3,5-7,9-10,13H,2,4,8,17H2,1H3. The van der Waals surface area contributed by atoms with Gasteiger partial charge in [0.05, 0.1) is 18.7 Å². The molecule has 1 aromatic heterocycles. The van der Waals surface area contributed by atoms with Crippen molar-refractivity contribution in [3.8, 4) is 5.75 Å². The Morgan fingerprint density at radius 2 is 2.29 bits per heavy atom. The molecule has 1 aromatic carbocycles. The summed E-state index contributed by atoms with van der Waals surface area (Å²) >= 11 is 1.70. The third kappa shape index (κ3) is 2.61. The van der Waals surface area contributed by atoms with Gasteiger partial charge in [0.15, 0.2) is 0 Å². The normalized spacial score (nSPS) is 18.0. The summed E-state index contributed by atoms with van der Waals surface area (Å²) in [7, 11) is 1.57. The van der Waals surface area contributed by atoms with Crippen molar-refractivity contribution in [2.24, 2.45) is 0 Å². The number of hydrogen-bond acceptors (Lipinski definition) is 4. The van der Waals surface area contributed by atoms with Crippen LogP contribution in [0.15, 0.2) is 35.7 Å². The van der Waals surface area contributed by atoms with Gasteiger partial charge in [0.1, 0.15) is 5.75 Å². The van der Waals surface area contributed by atoms with Crippen LogP contribution in [-0.4, -0.2) is 24.5 Å². The lowest BCUT2D eigenvalue weighted by molar-refractivity contribution is 0.0734. The number of nitrogens with zero attached hydrogens (tertiary/aromatic N) is 1. The Bertz CT molecular complexity index is 640. The first-order valence-electron chi connectivity index (χ1n) is 6.98. The van der Waals surface area contributed by atoms with Gasteiger partial charge in [-0.3, -0.25) is 4.79 Å². The van der Waals surface area contributed by atoms with Gasteiger partial charge in [-0.1, -0.05) is 6.07 Å². The summed E-state index contributed by atoms with van der Waals surface area (Å²) < 4.78 is 5.31. The number of anilines is 1. The lowest BCUT2D eigenvalue weighted by Crippen LogP contribution is -2.30. The molecule has 0 radical (unpaired) electrons. The molecule has 21 heavy (non-hydrogen) atoms. The Kier molecular flexibility index (Phi) is 3.84. The van der Waals surface area contributed by atoms with Crippen molar-refractivity contribution < 1.29 is 9.53 Å². The SMILES string of the molecule is COc1ccc(N)cc1C(=O)N1CCCC1c1cccs1. The van der Waals surface area contributed by atoms with Crippen LogP contribution in [0, 0.1) is 0 Å². The number of benzene rings is 1. The summed E-state index contributed by atoms with van der Waals surface area (Å²) in [4.78, 5) is 16.1. The van der Waals surface area contributed by atoms with E-state index in [1.807, 2.05) is 11.0 Å². The highest BCUT2D eigenvalue weighted by Gasteiger charge is 2.32. The molecule has 2 N–H and O–H groups in total. The maximum atomic E-state index is 12.9. The molecule has 5 heteroatoms. The van der Waals surface area contributed by atoms with E-state index in [4.69, 9.17) is 10.5 Å². The molecule has 2 aromatic rings. The second-order valence-corrected chi connectivity index (χ2v) is 6.11. The van der Waals surface area contributed by atoms with Crippen molar-refractivity contribution in [3.63, 3.8) is 0 Å². The number of methoxy groups -OCH3 is 1. The summed E-state index contributed by atoms with van der Waals surface area (Å²) in [6, 6.07) is 9.49. The zero-order chi connectivity index (χ0) is 14.8. The van der Waals surface area contributed by atoms with Gasteiger partial charge in [0, 0.05) is 17.1 Å². The predicted octanol–water partition coefficient (Wildman–Crippen LogP) is 3.32. The first-order valence-corrected chi connectivity index (χ1v) is 7.86. The van der Waals surface area contributed by atoms with Crippen LogP contribution >= 0.6 is 11.3 Å². The number of amides is 1. The maximum Gasteiger partial charge on any atom is 0.258 e. The van der Waals surface area contributed by atoms with Gasteiger partial charge in [0.25, 0.3) is 5.91 Å². The third-order valence-electron chi connectivity index (χ3n) is 3.84. The topological polar surface area (TPSA) is 55.6 Å². The molecule has 1 aliphatic rings. The van der Waals surface area contributed by atoms with Gasteiger partial charge in [0.2, 0.25) is 0 Å². The average molecular weight is 302 g/mol. The fourth-order valence-corrected chi connectivity index (χ4v) is 3.71. The Labute approximate surface area is 128 Å². The number of carbonyl (C=O) groups excluding carboxylic acids is 1. The molecule has 1 atom stereocenters. The van der Waals surface area contributed by atoms with Crippen molar-refractivity contribution in [2.75, 3.05) is 19.4 Å². The summed E-state index contributed by atoms with van der Waals surface area (Å²) in [5.74, 6) is 0.570. The number of carbonyl (C=O) groups is 1. The van der Waals surface area contributed by atoms with Crippen molar-refractivity contribution in [1.82, 2.24) is 4.90 Å². The molecule has 1 amide bonds. The highest BCUT2D eigenvalue weighted by atomic mass is 32.1. The van der Waals surface area contributed by atoms with Crippen LogP contribution in [0.1, 0.15) is 34.1 Å². The van der Waals surface area contributed by atoms with E-state index < -0.39 is 0 Å². The number of likely N-dealkylation sites (tertiary alicyclic amines) is 1. The Morgan fingerprint density at radius 1 is 1.43 bits per heavy atom. The van der Waals surface area contributed by atoms with E-state index >= 15 is 0 Å². The Hall–Kier alpha value is -2.01. The number of rotatable bonds is 3. The fraction of sp³-hybridized carbons (Fsp3) is 0.312. The van der Waals surface area contributed by atoms with Gasteiger partial charge >= 0.3 is 0 Å². The minimum absolute atomic E-state index is 0.00458. The van der Waals surface area contributed by atoms with Gasteiger partial charge in [-0.25, -0.2) is 0 Å². The number of hydrogen-bond donors (Lipinski definition) is 1. The largest absolute Gasteiger partial charge is 0.496 e. The summed E-state index contributed by atoms with van der Waals surface area (Å²) in [6.45, 7) is 0.777. The molecule has 3 rings (SSSR count). The summed E-state index contributed by atoms with van der Waals surface area (Å²) in [5, 5.41) is 2.05. The lowest BCUT2D eigenvalue weighted by atomic mass is 10.1. The molecule has 0 saturated carbocycles. The average Bonchev–Trinajstić information content (AvgIpc) is 3.16. The molecule has 1 unspecified atom stereocenters. The number of thiophene rings is 1. The fourth-order valence-electron chi connectivity index (χ4n) is 2.83. The van der Waals surface area contributed by atoms with E-state index in [-0.39, 0.29) is 11.9 Å². The van der Waals surface area contributed by atoms with Crippen LogP contribution in [0.4, 0.5) is 5.69 Å². The molecular weight excluding hydrogens is 284 g/mol. The Morgan fingerprint density at radius 3 is 3.00 bits per heavy atom. The van der Waals surface area contributed by atoms with E-state index in [1.54, 1.807) is 36.6 Å². The van der Waals surface area contributed by atoms with Crippen LogP contribution in [0.2, 0.25) is 0 Å². The second kappa shape index (κ2) is 5.77. The van der Waals surface area contributed by atoms with Crippen molar-refractivity contribution in [2.45, 2.75) is 18.9 Å². The molecule has 110 valence electrons. The van der Waals surface area contributed by atoms with E-state index in [0.717, 1.165) is 19.4 Å². The number of ether oxygens (including phenoxy) is 1. The molecule has 0 aliphatic carbocycles. The van der Waals surface area contributed by atoms with Crippen LogP contribution < -0.4 is 10.5 Å².